The molecular formula is C17H21NO3. The molecule has 4 rings (SSSR count). The van der Waals surface area contributed by atoms with Crippen molar-refractivity contribution in [3.63, 3.8) is 0 Å². The van der Waals surface area contributed by atoms with Gasteiger partial charge in [0.2, 0.25) is 0 Å². The highest BCUT2D eigenvalue weighted by Gasteiger charge is 2.46. The Morgan fingerprint density at radius 2 is 2.14 bits per heavy atom. The number of fused-ring (bicyclic) bond motifs is 2. The number of aromatic hydroxyl groups is 1. The van der Waals surface area contributed by atoms with Crippen molar-refractivity contribution in [1.82, 2.24) is 5.32 Å². The summed E-state index contributed by atoms with van der Waals surface area (Å²) in [6.45, 7) is 0.933. The van der Waals surface area contributed by atoms with Crippen LogP contribution in [-0.4, -0.2) is 24.5 Å². The summed E-state index contributed by atoms with van der Waals surface area (Å²) in [6, 6.07) is 2.14. The molecule has 0 amide bonds. The number of ether oxygens (including phenoxy) is 1. The zero-order valence-corrected chi connectivity index (χ0v) is 12.3. The van der Waals surface area contributed by atoms with Gasteiger partial charge in [-0.2, -0.15) is 0 Å². The van der Waals surface area contributed by atoms with Crippen molar-refractivity contribution < 1.29 is 14.6 Å². The zero-order chi connectivity index (χ0) is 14.6. The highest BCUT2D eigenvalue weighted by atomic mass is 16.5. The first-order chi connectivity index (χ1) is 10.2. The lowest BCUT2D eigenvalue weighted by molar-refractivity contribution is 0.0729. The van der Waals surface area contributed by atoms with Gasteiger partial charge in [0.25, 0.3) is 0 Å². The molecule has 1 saturated carbocycles. The predicted molar refractivity (Wildman–Crippen MR) is 78.9 cm³/mol. The quantitative estimate of drug-likeness (QED) is 0.833. The van der Waals surface area contributed by atoms with E-state index in [0.717, 1.165) is 37.8 Å². The van der Waals surface area contributed by atoms with Gasteiger partial charge in [0, 0.05) is 12.0 Å². The van der Waals surface area contributed by atoms with Crippen LogP contribution in [0.5, 0.6) is 11.5 Å². The Hall–Kier alpha value is -1.55. The molecule has 1 heterocycles. The van der Waals surface area contributed by atoms with Crippen LogP contribution in [-0.2, 0) is 6.42 Å². The molecule has 1 fully saturated rings. The number of nitrogens with one attached hydrogen (secondary N) is 1. The molecule has 1 aromatic carbocycles. The highest BCUT2D eigenvalue weighted by molar-refractivity contribution is 6.04. The number of phenols is 1. The first-order valence-corrected chi connectivity index (χ1v) is 7.92. The number of hydrogen-bond donors (Lipinski definition) is 2. The van der Waals surface area contributed by atoms with E-state index < -0.39 is 0 Å². The maximum absolute atomic E-state index is 12.9. The van der Waals surface area contributed by atoms with Crippen molar-refractivity contribution >= 4 is 5.78 Å². The summed E-state index contributed by atoms with van der Waals surface area (Å²) in [5.74, 6) is 1.07. The molecule has 0 saturated heterocycles. The average molecular weight is 287 g/mol. The van der Waals surface area contributed by atoms with Crippen molar-refractivity contribution in [2.24, 2.45) is 11.8 Å². The van der Waals surface area contributed by atoms with Crippen LogP contribution in [0.15, 0.2) is 6.07 Å². The molecular weight excluding hydrogens is 266 g/mol. The van der Waals surface area contributed by atoms with E-state index in [1.54, 1.807) is 7.11 Å². The second-order valence-corrected chi connectivity index (χ2v) is 6.48. The standard InChI is InChI=1S/C17H21NO3/c1-21-12-8-9-6-7-18-15-10-4-2-3-5-11(10)16(19)14(13(9)15)17(12)20/h8,10-11,15,18,20H,2-7H2,1H3. The Morgan fingerprint density at radius 3 is 2.95 bits per heavy atom. The SMILES string of the molecule is COc1cc2c3c(c1O)C(=O)C1CCCCC1C3NCC2. The lowest BCUT2D eigenvalue weighted by Crippen LogP contribution is -2.46. The fourth-order valence-corrected chi connectivity index (χ4v) is 4.58. The van der Waals surface area contributed by atoms with Crippen molar-refractivity contribution in [2.45, 2.75) is 38.1 Å². The van der Waals surface area contributed by atoms with Crippen molar-refractivity contribution in [3.05, 3.63) is 22.8 Å². The normalized spacial score (nSPS) is 30.5. The lowest BCUT2D eigenvalue weighted by atomic mass is 9.63. The Balaban J connectivity index is 1.95. The molecule has 3 aliphatic rings. The fraction of sp³-hybridized carbons (Fsp3) is 0.588. The van der Waals surface area contributed by atoms with E-state index in [2.05, 4.69) is 5.32 Å². The number of carbonyl (C=O) groups excluding carboxylic acids is 1. The molecule has 0 aromatic heterocycles. The van der Waals surface area contributed by atoms with Gasteiger partial charge in [0.1, 0.15) is 0 Å². The number of benzene rings is 1. The molecule has 0 spiro atoms. The summed E-state index contributed by atoms with van der Waals surface area (Å²) in [4.78, 5) is 12.9. The van der Waals surface area contributed by atoms with Gasteiger partial charge in [-0.15, -0.1) is 0 Å². The number of rotatable bonds is 1. The second kappa shape index (κ2) is 4.73. The first-order valence-electron chi connectivity index (χ1n) is 7.92. The third-order valence-corrected chi connectivity index (χ3v) is 5.51. The highest BCUT2D eigenvalue weighted by Crippen LogP contribution is 2.51. The molecule has 112 valence electrons. The largest absolute Gasteiger partial charge is 0.504 e. The number of Topliss-reactive ketones (excluding diaryl/α,β-unsaturated/α-hetero) is 1. The van der Waals surface area contributed by atoms with E-state index in [9.17, 15) is 9.90 Å². The number of carbonyl (C=O) groups is 1. The smallest absolute Gasteiger partial charge is 0.170 e. The van der Waals surface area contributed by atoms with Crippen LogP contribution in [0.4, 0.5) is 0 Å². The Morgan fingerprint density at radius 1 is 1.33 bits per heavy atom. The van der Waals surface area contributed by atoms with Crippen molar-refractivity contribution in [2.75, 3.05) is 13.7 Å². The van der Waals surface area contributed by atoms with E-state index >= 15 is 0 Å². The van der Waals surface area contributed by atoms with Crippen LogP contribution < -0.4 is 10.1 Å². The van der Waals surface area contributed by atoms with Gasteiger partial charge in [0.05, 0.1) is 12.7 Å². The molecule has 4 nitrogen and oxygen atoms in total. The van der Waals surface area contributed by atoms with Gasteiger partial charge >= 0.3 is 0 Å². The number of phenolic OH excluding ortho intramolecular Hbond substituents is 1. The van der Waals surface area contributed by atoms with Gasteiger partial charge in [0.15, 0.2) is 17.3 Å². The summed E-state index contributed by atoms with van der Waals surface area (Å²) < 4.78 is 5.27. The van der Waals surface area contributed by atoms with E-state index in [0.29, 0.717) is 17.2 Å². The molecule has 0 bridgehead atoms. The molecule has 2 N–H and O–H groups in total. The minimum Gasteiger partial charge on any atom is -0.504 e. The third-order valence-electron chi connectivity index (χ3n) is 5.51. The van der Waals surface area contributed by atoms with Crippen LogP contribution >= 0.6 is 0 Å². The molecule has 4 heteroatoms. The summed E-state index contributed by atoms with van der Waals surface area (Å²) in [5.41, 5.74) is 2.75. The molecule has 1 aliphatic heterocycles. The first kappa shape index (κ1) is 13.1. The van der Waals surface area contributed by atoms with E-state index in [1.807, 2.05) is 6.07 Å². The summed E-state index contributed by atoms with van der Waals surface area (Å²) in [5, 5.41) is 14.1. The number of ketones is 1. The van der Waals surface area contributed by atoms with Gasteiger partial charge in [-0.1, -0.05) is 12.8 Å². The van der Waals surface area contributed by atoms with Crippen LogP contribution in [0.1, 0.15) is 53.2 Å². The van der Waals surface area contributed by atoms with E-state index in [-0.39, 0.29) is 23.5 Å². The molecule has 1 aromatic rings. The molecule has 21 heavy (non-hydrogen) atoms. The fourth-order valence-electron chi connectivity index (χ4n) is 4.58. The monoisotopic (exact) mass is 287 g/mol. The Kier molecular flexibility index (Phi) is 2.96. The van der Waals surface area contributed by atoms with Gasteiger partial charge in [-0.25, -0.2) is 0 Å². The van der Waals surface area contributed by atoms with E-state index in [4.69, 9.17) is 4.74 Å². The van der Waals surface area contributed by atoms with Crippen LogP contribution in [0.3, 0.4) is 0 Å². The summed E-state index contributed by atoms with van der Waals surface area (Å²) >= 11 is 0. The number of methoxy groups -OCH3 is 1. The molecule has 3 atom stereocenters. The minimum absolute atomic E-state index is 0.0407. The van der Waals surface area contributed by atoms with Gasteiger partial charge in [-0.3, -0.25) is 4.79 Å². The number of hydrogen-bond acceptors (Lipinski definition) is 4. The van der Waals surface area contributed by atoms with Crippen LogP contribution in [0.2, 0.25) is 0 Å². The maximum atomic E-state index is 12.9. The topological polar surface area (TPSA) is 58.6 Å². The Labute approximate surface area is 124 Å². The predicted octanol–water partition coefficient (Wildman–Crippen LogP) is 2.59. The molecule has 2 aliphatic carbocycles. The van der Waals surface area contributed by atoms with Gasteiger partial charge in [-0.05, 0) is 48.9 Å². The van der Waals surface area contributed by atoms with Crippen molar-refractivity contribution in [3.8, 4) is 11.5 Å². The zero-order valence-electron chi connectivity index (χ0n) is 12.3. The lowest BCUT2D eigenvalue weighted by Gasteiger charge is -2.44. The maximum Gasteiger partial charge on any atom is 0.170 e. The summed E-state index contributed by atoms with van der Waals surface area (Å²) in [6.07, 6.45) is 5.28. The molecule has 0 radical (unpaired) electrons. The van der Waals surface area contributed by atoms with Crippen molar-refractivity contribution in [1.29, 1.82) is 0 Å². The third kappa shape index (κ3) is 1.75. The van der Waals surface area contributed by atoms with Crippen LogP contribution in [0, 0.1) is 11.8 Å². The molecule has 3 unspecified atom stereocenters. The minimum atomic E-state index is 0.0407. The van der Waals surface area contributed by atoms with E-state index in [1.165, 1.54) is 12.0 Å². The second-order valence-electron chi connectivity index (χ2n) is 6.48. The summed E-state index contributed by atoms with van der Waals surface area (Å²) in [7, 11) is 1.55. The van der Waals surface area contributed by atoms with Gasteiger partial charge < -0.3 is 15.2 Å². The average Bonchev–Trinajstić information content (AvgIpc) is 2.53. The Bertz CT molecular complexity index is 611. The van der Waals surface area contributed by atoms with Crippen LogP contribution in [0.25, 0.3) is 0 Å².